The van der Waals surface area contributed by atoms with E-state index in [0.717, 1.165) is 11.1 Å². The fraction of sp³-hybridized carbons (Fsp3) is 0.188. The fourth-order valence-electron chi connectivity index (χ4n) is 2.06. The minimum Gasteiger partial charge on any atom is -0.478 e. The highest BCUT2D eigenvalue weighted by molar-refractivity contribution is 6.01. The highest BCUT2D eigenvalue weighted by Gasteiger charge is 2.15. The summed E-state index contributed by atoms with van der Waals surface area (Å²) in [5.74, 6) is -1.07. The molecule has 0 aliphatic rings. The summed E-state index contributed by atoms with van der Waals surface area (Å²) in [6, 6.07) is 8.11. The molecule has 0 bridgehead atoms. The molecule has 2 aromatic rings. The quantitative estimate of drug-likeness (QED) is 0.791. The molecule has 2 rings (SSSR count). The van der Waals surface area contributed by atoms with E-state index in [1.54, 1.807) is 30.6 Å². The van der Waals surface area contributed by atoms with Gasteiger partial charge in [0.15, 0.2) is 0 Å². The molecular formula is C16H17N3O3. The van der Waals surface area contributed by atoms with Gasteiger partial charge in [0.2, 0.25) is 0 Å². The molecule has 1 aromatic carbocycles. The molecule has 0 atom stereocenters. The number of carboxylic acid groups (broad SMARTS) is 1. The second kappa shape index (κ2) is 7.21. The maximum atomic E-state index is 12.0. The minimum atomic E-state index is -1.07. The van der Waals surface area contributed by atoms with E-state index in [-0.39, 0.29) is 5.56 Å². The number of hydrogen-bond acceptors (Lipinski definition) is 3. The lowest BCUT2D eigenvalue weighted by Crippen LogP contribution is -2.29. The Labute approximate surface area is 128 Å². The van der Waals surface area contributed by atoms with Crippen LogP contribution in [-0.4, -0.2) is 22.1 Å². The number of nitrogens with one attached hydrogen (secondary N) is 2. The molecule has 0 aliphatic heterocycles. The lowest BCUT2D eigenvalue weighted by molar-refractivity contribution is 0.0698. The number of benzene rings is 1. The standard InChI is InChI=1S/C16H17N3O3/c1-2-12-6-3-7-13(15(20)21)14(12)19-16(22)18-10-11-5-4-8-17-9-11/h3-9H,2,10H2,1H3,(H,20,21)(H2,18,19,22). The largest absolute Gasteiger partial charge is 0.478 e. The van der Waals surface area contributed by atoms with Gasteiger partial charge in [-0.15, -0.1) is 0 Å². The number of nitrogens with zero attached hydrogens (tertiary/aromatic N) is 1. The first kappa shape index (κ1) is 15.5. The molecule has 3 N–H and O–H groups in total. The number of hydrogen-bond donors (Lipinski definition) is 3. The molecule has 0 aliphatic carbocycles. The van der Waals surface area contributed by atoms with E-state index >= 15 is 0 Å². The minimum absolute atomic E-state index is 0.0795. The first-order chi connectivity index (χ1) is 10.6. The first-order valence-electron chi connectivity index (χ1n) is 6.90. The summed E-state index contributed by atoms with van der Waals surface area (Å²) < 4.78 is 0. The Hall–Kier alpha value is -2.89. The van der Waals surface area contributed by atoms with Crippen molar-refractivity contribution in [1.82, 2.24) is 10.3 Å². The number of rotatable bonds is 5. The molecule has 6 heteroatoms. The molecule has 0 spiro atoms. The van der Waals surface area contributed by atoms with Crippen LogP contribution in [0.15, 0.2) is 42.7 Å². The number of amides is 2. The van der Waals surface area contributed by atoms with Gasteiger partial charge in [-0.05, 0) is 29.7 Å². The molecule has 0 radical (unpaired) electrons. The molecule has 0 saturated carbocycles. The first-order valence-corrected chi connectivity index (χ1v) is 6.90. The van der Waals surface area contributed by atoms with Gasteiger partial charge >= 0.3 is 12.0 Å². The zero-order valence-electron chi connectivity index (χ0n) is 12.2. The molecule has 2 amide bonds. The number of para-hydroxylation sites is 1. The monoisotopic (exact) mass is 299 g/mol. The summed E-state index contributed by atoms with van der Waals surface area (Å²) in [5.41, 5.74) is 2.05. The molecule has 0 fully saturated rings. The van der Waals surface area contributed by atoms with Gasteiger partial charge in [0, 0.05) is 18.9 Å². The second-order valence-electron chi connectivity index (χ2n) is 4.67. The van der Waals surface area contributed by atoms with E-state index in [2.05, 4.69) is 15.6 Å². The maximum absolute atomic E-state index is 12.0. The number of aromatic nitrogens is 1. The summed E-state index contributed by atoms with van der Waals surface area (Å²) in [6.07, 6.45) is 3.93. The third-order valence-electron chi connectivity index (χ3n) is 3.18. The van der Waals surface area contributed by atoms with Crippen molar-refractivity contribution in [2.75, 3.05) is 5.32 Å². The van der Waals surface area contributed by atoms with Crippen molar-refractivity contribution in [2.45, 2.75) is 19.9 Å². The van der Waals surface area contributed by atoms with Crippen molar-refractivity contribution < 1.29 is 14.7 Å². The van der Waals surface area contributed by atoms with Crippen molar-refractivity contribution in [3.63, 3.8) is 0 Å². The average Bonchev–Trinajstić information content (AvgIpc) is 2.54. The Kier molecular flexibility index (Phi) is 5.08. The van der Waals surface area contributed by atoms with Gasteiger partial charge in [0.05, 0.1) is 11.3 Å². The van der Waals surface area contributed by atoms with Gasteiger partial charge in [-0.2, -0.15) is 0 Å². The molecular weight excluding hydrogens is 282 g/mol. The molecule has 6 nitrogen and oxygen atoms in total. The summed E-state index contributed by atoms with van der Waals surface area (Å²) in [4.78, 5) is 27.2. The number of anilines is 1. The van der Waals surface area contributed by atoms with Crippen molar-refractivity contribution in [1.29, 1.82) is 0 Å². The number of carbonyl (C=O) groups excluding carboxylic acids is 1. The van der Waals surface area contributed by atoms with E-state index in [9.17, 15) is 14.7 Å². The van der Waals surface area contributed by atoms with Crippen LogP contribution in [0.1, 0.15) is 28.4 Å². The molecule has 0 unspecified atom stereocenters. The summed E-state index contributed by atoms with van der Waals surface area (Å²) in [6.45, 7) is 2.22. The average molecular weight is 299 g/mol. The van der Waals surface area contributed by atoms with Crippen molar-refractivity contribution in [2.24, 2.45) is 0 Å². The van der Waals surface area contributed by atoms with Crippen LogP contribution >= 0.6 is 0 Å². The number of pyridine rings is 1. The SMILES string of the molecule is CCc1cccc(C(=O)O)c1NC(=O)NCc1cccnc1. The second-order valence-corrected chi connectivity index (χ2v) is 4.67. The third-order valence-corrected chi connectivity index (χ3v) is 3.18. The van der Waals surface area contributed by atoms with Crippen LogP contribution in [-0.2, 0) is 13.0 Å². The number of carboxylic acids is 1. The Balaban J connectivity index is 2.09. The third kappa shape index (κ3) is 3.82. The van der Waals surface area contributed by atoms with Crippen molar-refractivity contribution in [3.8, 4) is 0 Å². The van der Waals surface area contributed by atoms with Crippen LogP contribution in [0, 0.1) is 0 Å². The van der Waals surface area contributed by atoms with Crippen LogP contribution in [0.5, 0.6) is 0 Å². The number of aromatic carboxylic acids is 1. The van der Waals surface area contributed by atoms with E-state index in [1.165, 1.54) is 6.07 Å². The molecule has 1 aromatic heterocycles. The highest BCUT2D eigenvalue weighted by Crippen LogP contribution is 2.22. The van der Waals surface area contributed by atoms with Gasteiger partial charge in [0.1, 0.15) is 0 Å². The van der Waals surface area contributed by atoms with Crippen LogP contribution < -0.4 is 10.6 Å². The highest BCUT2D eigenvalue weighted by atomic mass is 16.4. The van der Waals surface area contributed by atoms with Crippen LogP contribution in [0.3, 0.4) is 0 Å². The Morgan fingerprint density at radius 2 is 2.05 bits per heavy atom. The van der Waals surface area contributed by atoms with Crippen molar-refractivity contribution >= 4 is 17.7 Å². The Morgan fingerprint density at radius 1 is 1.23 bits per heavy atom. The summed E-state index contributed by atoms with van der Waals surface area (Å²) in [5, 5.41) is 14.5. The van der Waals surface area contributed by atoms with Crippen LogP contribution in [0.4, 0.5) is 10.5 Å². The van der Waals surface area contributed by atoms with Crippen LogP contribution in [0.2, 0.25) is 0 Å². The van der Waals surface area contributed by atoms with Crippen molar-refractivity contribution in [3.05, 3.63) is 59.4 Å². The van der Waals surface area contributed by atoms with E-state index in [0.29, 0.717) is 18.7 Å². The summed E-state index contributed by atoms with van der Waals surface area (Å²) in [7, 11) is 0. The summed E-state index contributed by atoms with van der Waals surface area (Å²) >= 11 is 0. The Bertz CT molecular complexity index is 672. The van der Waals surface area contributed by atoms with E-state index in [1.807, 2.05) is 13.0 Å². The zero-order chi connectivity index (χ0) is 15.9. The lowest BCUT2D eigenvalue weighted by atomic mass is 10.1. The van der Waals surface area contributed by atoms with Gasteiger partial charge in [-0.25, -0.2) is 9.59 Å². The molecule has 22 heavy (non-hydrogen) atoms. The predicted octanol–water partition coefficient (Wildman–Crippen LogP) is 2.66. The molecule has 0 saturated heterocycles. The maximum Gasteiger partial charge on any atom is 0.337 e. The lowest BCUT2D eigenvalue weighted by Gasteiger charge is -2.13. The number of aryl methyl sites for hydroxylation is 1. The number of carbonyl (C=O) groups is 2. The number of urea groups is 1. The smallest absolute Gasteiger partial charge is 0.337 e. The van der Waals surface area contributed by atoms with E-state index < -0.39 is 12.0 Å². The topological polar surface area (TPSA) is 91.3 Å². The molecule has 114 valence electrons. The van der Waals surface area contributed by atoms with E-state index in [4.69, 9.17) is 0 Å². The predicted molar refractivity (Wildman–Crippen MR) is 82.9 cm³/mol. The molecule has 1 heterocycles. The van der Waals surface area contributed by atoms with Gasteiger partial charge in [-0.1, -0.05) is 25.1 Å². The van der Waals surface area contributed by atoms with Gasteiger partial charge in [-0.3, -0.25) is 4.98 Å². The zero-order valence-corrected chi connectivity index (χ0v) is 12.2. The fourth-order valence-corrected chi connectivity index (χ4v) is 2.06. The normalized spacial score (nSPS) is 10.0. The van der Waals surface area contributed by atoms with Gasteiger partial charge < -0.3 is 15.7 Å². The van der Waals surface area contributed by atoms with Crippen LogP contribution in [0.25, 0.3) is 0 Å². The Morgan fingerprint density at radius 3 is 2.68 bits per heavy atom. The van der Waals surface area contributed by atoms with Gasteiger partial charge in [0.25, 0.3) is 0 Å².